The van der Waals surface area contributed by atoms with Crippen molar-refractivity contribution in [3.05, 3.63) is 35.4 Å². The summed E-state index contributed by atoms with van der Waals surface area (Å²) in [4.78, 5) is 26.8. The first-order valence-electron chi connectivity index (χ1n) is 8.23. The Morgan fingerprint density at radius 3 is 2.55 bits per heavy atom. The Kier molecular flexibility index (Phi) is 3.94. The van der Waals surface area contributed by atoms with Gasteiger partial charge in [-0.15, -0.1) is 0 Å². The highest BCUT2D eigenvalue weighted by Gasteiger charge is 2.49. The zero-order valence-electron chi connectivity index (χ0n) is 13.5. The lowest BCUT2D eigenvalue weighted by Crippen LogP contribution is -2.38. The van der Waals surface area contributed by atoms with Crippen LogP contribution in [0, 0.1) is 18.8 Å². The molecule has 1 aromatic carbocycles. The summed E-state index contributed by atoms with van der Waals surface area (Å²) in [5, 5.41) is 2.89. The van der Waals surface area contributed by atoms with Crippen molar-refractivity contribution >= 4 is 11.9 Å². The standard InChI is InChI=1S/C18H24N2O2/c1-4-11(2)15-17(21)20(18(22)19-15)16(13-9-10-13)14-8-6-5-7-12(14)3/h5-8,11,13,15-16H,4,9-10H2,1-3H3,(H,19,22)/t11-,15-,16?/m0/s1. The summed E-state index contributed by atoms with van der Waals surface area (Å²) in [5.41, 5.74) is 2.25. The van der Waals surface area contributed by atoms with Crippen LogP contribution >= 0.6 is 0 Å². The Morgan fingerprint density at radius 2 is 1.95 bits per heavy atom. The van der Waals surface area contributed by atoms with Crippen molar-refractivity contribution in [2.75, 3.05) is 0 Å². The fourth-order valence-electron chi connectivity index (χ4n) is 3.33. The molecule has 1 saturated heterocycles. The average Bonchev–Trinajstić information content (AvgIpc) is 3.29. The van der Waals surface area contributed by atoms with Gasteiger partial charge in [-0.3, -0.25) is 9.69 Å². The second kappa shape index (κ2) is 5.75. The summed E-state index contributed by atoms with van der Waals surface area (Å²) in [7, 11) is 0. The van der Waals surface area contributed by atoms with Crippen LogP contribution in [0.5, 0.6) is 0 Å². The number of hydrogen-bond acceptors (Lipinski definition) is 2. The number of nitrogens with one attached hydrogen (secondary N) is 1. The molecule has 2 fully saturated rings. The average molecular weight is 300 g/mol. The Labute approximate surface area is 131 Å². The lowest BCUT2D eigenvalue weighted by atomic mass is 9.94. The van der Waals surface area contributed by atoms with Gasteiger partial charge in [-0.25, -0.2) is 4.79 Å². The summed E-state index contributed by atoms with van der Waals surface area (Å²) in [6, 6.07) is 7.38. The van der Waals surface area contributed by atoms with Crippen molar-refractivity contribution in [3.63, 3.8) is 0 Å². The third-order valence-corrected chi connectivity index (χ3v) is 5.07. The van der Waals surface area contributed by atoms with Gasteiger partial charge in [-0.1, -0.05) is 44.5 Å². The highest BCUT2D eigenvalue weighted by Crippen LogP contribution is 2.46. The molecule has 22 heavy (non-hydrogen) atoms. The molecule has 0 aromatic heterocycles. The molecular formula is C18H24N2O2. The van der Waals surface area contributed by atoms with Crippen LogP contribution in [0.4, 0.5) is 4.79 Å². The maximum absolute atomic E-state index is 12.8. The van der Waals surface area contributed by atoms with Crippen LogP contribution in [-0.2, 0) is 4.79 Å². The number of rotatable bonds is 5. The third kappa shape index (κ3) is 2.51. The predicted octanol–water partition coefficient (Wildman–Crippen LogP) is 3.41. The minimum atomic E-state index is -0.372. The van der Waals surface area contributed by atoms with E-state index in [1.54, 1.807) is 0 Å². The molecule has 1 N–H and O–H groups in total. The molecule has 4 heteroatoms. The quantitative estimate of drug-likeness (QED) is 0.847. The molecule has 3 rings (SSSR count). The van der Waals surface area contributed by atoms with E-state index < -0.39 is 0 Å². The minimum absolute atomic E-state index is 0.0560. The molecule has 4 nitrogen and oxygen atoms in total. The first-order chi connectivity index (χ1) is 10.5. The van der Waals surface area contributed by atoms with Crippen molar-refractivity contribution in [1.29, 1.82) is 0 Å². The van der Waals surface area contributed by atoms with Gasteiger partial charge in [0.2, 0.25) is 0 Å². The molecule has 1 heterocycles. The molecule has 0 radical (unpaired) electrons. The van der Waals surface area contributed by atoms with Crippen molar-refractivity contribution < 1.29 is 9.59 Å². The summed E-state index contributed by atoms with van der Waals surface area (Å²) in [6.45, 7) is 6.12. The molecule has 2 aliphatic rings. The predicted molar refractivity (Wildman–Crippen MR) is 85.3 cm³/mol. The number of carbonyl (C=O) groups excluding carboxylic acids is 2. The van der Waals surface area contributed by atoms with Crippen LogP contribution < -0.4 is 5.32 Å². The molecule has 1 aliphatic carbocycles. The molecule has 3 atom stereocenters. The lowest BCUT2D eigenvalue weighted by molar-refractivity contribution is -0.130. The Balaban J connectivity index is 1.94. The summed E-state index contributed by atoms with van der Waals surface area (Å²) in [5.74, 6) is 0.518. The van der Waals surface area contributed by atoms with Crippen LogP contribution in [-0.4, -0.2) is 22.9 Å². The highest BCUT2D eigenvalue weighted by atomic mass is 16.2. The summed E-state index contributed by atoms with van der Waals surface area (Å²) < 4.78 is 0. The normalized spacial score (nSPS) is 24.3. The summed E-state index contributed by atoms with van der Waals surface area (Å²) >= 11 is 0. The smallest absolute Gasteiger partial charge is 0.325 e. The van der Waals surface area contributed by atoms with Gasteiger partial charge in [0.25, 0.3) is 5.91 Å². The van der Waals surface area contributed by atoms with Crippen LogP contribution in [0.1, 0.15) is 50.3 Å². The Hall–Kier alpha value is -1.84. The van der Waals surface area contributed by atoms with E-state index in [1.807, 2.05) is 26.0 Å². The van der Waals surface area contributed by atoms with E-state index in [4.69, 9.17) is 0 Å². The van der Waals surface area contributed by atoms with Crippen molar-refractivity contribution in [2.24, 2.45) is 11.8 Å². The molecule has 3 amide bonds. The van der Waals surface area contributed by atoms with Crippen LogP contribution in [0.25, 0.3) is 0 Å². The van der Waals surface area contributed by atoms with Gasteiger partial charge < -0.3 is 5.32 Å². The molecular weight excluding hydrogens is 276 g/mol. The van der Waals surface area contributed by atoms with E-state index in [-0.39, 0.29) is 29.9 Å². The monoisotopic (exact) mass is 300 g/mol. The van der Waals surface area contributed by atoms with Crippen LogP contribution in [0.3, 0.4) is 0 Å². The number of aryl methyl sites for hydroxylation is 1. The third-order valence-electron chi connectivity index (χ3n) is 5.07. The lowest BCUT2D eigenvalue weighted by Gasteiger charge is -2.27. The van der Waals surface area contributed by atoms with E-state index >= 15 is 0 Å². The maximum atomic E-state index is 12.8. The zero-order chi connectivity index (χ0) is 15.9. The zero-order valence-corrected chi connectivity index (χ0v) is 13.5. The number of hydrogen-bond donors (Lipinski definition) is 1. The minimum Gasteiger partial charge on any atom is -0.326 e. The Bertz CT molecular complexity index is 595. The fourth-order valence-corrected chi connectivity index (χ4v) is 3.33. The van der Waals surface area contributed by atoms with Gasteiger partial charge in [-0.2, -0.15) is 0 Å². The van der Waals surface area contributed by atoms with E-state index in [0.29, 0.717) is 5.92 Å². The topological polar surface area (TPSA) is 49.4 Å². The molecule has 1 aliphatic heterocycles. The number of imide groups is 1. The second-order valence-corrected chi connectivity index (χ2v) is 6.66. The molecule has 0 bridgehead atoms. The molecule has 1 aromatic rings. The van der Waals surface area contributed by atoms with Gasteiger partial charge >= 0.3 is 6.03 Å². The first-order valence-corrected chi connectivity index (χ1v) is 8.23. The number of urea groups is 1. The van der Waals surface area contributed by atoms with Crippen molar-refractivity contribution in [3.8, 4) is 0 Å². The van der Waals surface area contributed by atoms with Gasteiger partial charge in [0, 0.05) is 0 Å². The van der Waals surface area contributed by atoms with E-state index in [0.717, 1.165) is 30.4 Å². The number of amides is 3. The number of carbonyl (C=O) groups is 2. The Morgan fingerprint density at radius 1 is 1.27 bits per heavy atom. The van der Waals surface area contributed by atoms with E-state index in [2.05, 4.69) is 24.4 Å². The molecule has 1 unspecified atom stereocenters. The highest BCUT2D eigenvalue weighted by molar-refractivity contribution is 6.04. The van der Waals surface area contributed by atoms with Gasteiger partial charge in [0.05, 0.1) is 6.04 Å². The van der Waals surface area contributed by atoms with Crippen LogP contribution in [0.2, 0.25) is 0 Å². The number of benzene rings is 1. The first kappa shape index (κ1) is 15.1. The van der Waals surface area contributed by atoms with E-state index in [1.165, 1.54) is 4.90 Å². The SMILES string of the molecule is CC[C@H](C)[C@@H]1NC(=O)N(C(c2ccccc2C)C2CC2)C1=O. The molecule has 0 spiro atoms. The van der Waals surface area contributed by atoms with Crippen LogP contribution in [0.15, 0.2) is 24.3 Å². The largest absolute Gasteiger partial charge is 0.326 e. The fraction of sp³-hybridized carbons (Fsp3) is 0.556. The van der Waals surface area contributed by atoms with Crippen molar-refractivity contribution in [1.82, 2.24) is 10.2 Å². The molecule has 1 saturated carbocycles. The van der Waals surface area contributed by atoms with Gasteiger partial charge in [0.1, 0.15) is 6.04 Å². The van der Waals surface area contributed by atoms with E-state index in [9.17, 15) is 9.59 Å². The molecule has 118 valence electrons. The van der Waals surface area contributed by atoms with Gasteiger partial charge in [-0.05, 0) is 42.7 Å². The summed E-state index contributed by atoms with van der Waals surface area (Å²) in [6.07, 6.45) is 3.05. The number of nitrogens with zero attached hydrogens (tertiary/aromatic N) is 1. The van der Waals surface area contributed by atoms with Crippen molar-refractivity contribution in [2.45, 2.75) is 52.1 Å². The van der Waals surface area contributed by atoms with Gasteiger partial charge in [0.15, 0.2) is 0 Å². The maximum Gasteiger partial charge on any atom is 0.325 e. The second-order valence-electron chi connectivity index (χ2n) is 6.66.